The van der Waals surface area contributed by atoms with Gasteiger partial charge in [0.25, 0.3) is 0 Å². The Labute approximate surface area is 133 Å². The molecule has 0 aliphatic carbocycles. The Hall–Kier alpha value is -1.55. The normalized spacial score (nSPS) is 13.0. The number of hydrogen-bond acceptors (Lipinski definition) is 3. The largest absolute Gasteiger partial charge is 0.444 e. The van der Waals surface area contributed by atoms with Crippen molar-refractivity contribution >= 4 is 6.09 Å². The molecule has 1 rings (SSSR count). The third-order valence-corrected chi connectivity index (χ3v) is 3.37. The molecule has 0 aliphatic rings. The van der Waals surface area contributed by atoms with Crippen LogP contribution in [-0.4, -0.2) is 29.4 Å². The quantitative estimate of drug-likeness (QED) is 0.843. The van der Waals surface area contributed by atoms with Crippen molar-refractivity contribution < 1.29 is 14.6 Å². The first kappa shape index (κ1) is 18.5. The molecule has 1 amide bonds. The van der Waals surface area contributed by atoms with Crippen LogP contribution in [-0.2, 0) is 11.2 Å². The maximum atomic E-state index is 11.7. The van der Waals surface area contributed by atoms with Crippen molar-refractivity contribution in [3.8, 4) is 0 Å². The Morgan fingerprint density at radius 3 is 2.27 bits per heavy atom. The monoisotopic (exact) mass is 307 g/mol. The molecule has 1 aromatic rings. The molecule has 124 valence electrons. The first-order valence-corrected chi connectivity index (χ1v) is 7.90. The molecule has 22 heavy (non-hydrogen) atoms. The van der Waals surface area contributed by atoms with Gasteiger partial charge < -0.3 is 15.2 Å². The first-order valence-electron chi connectivity index (χ1n) is 7.90. The van der Waals surface area contributed by atoms with E-state index in [2.05, 4.69) is 43.4 Å². The minimum atomic E-state index is -0.531. The Kier molecular flexibility index (Phi) is 6.88. The lowest BCUT2D eigenvalue weighted by atomic mass is 9.99. The summed E-state index contributed by atoms with van der Waals surface area (Å²) in [6.45, 7) is 9.69. The van der Waals surface area contributed by atoms with Crippen LogP contribution in [0.2, 0.25) is 0 Å². The summed E-state index contributed by atoms with van der Waals surface area (Å²) in [4.78, 5) is 11.7. The Morgan fingerprint density at radius 1 is 1.23 bits per heavy atom. The van der Waals surface area contributed by atoms with Gasteiger partial charge in [-0.25, -0.2) is 4.79 Å². The zero-order chi connectivity index (χ0) is 16.8. The number of carbonyl (C=O) groups excluding carboxylic acids is 1. The molecule has 4 nitrogen and oxygen atoms in total. The summed E-state index contributed by atoms with van der Waals surface area (Å²) in [5.41, 5.74) is 1.99. The highest BCUT2D eigenvalue weighted by Gasteiger charge is 2.19. The lowest BCUT2D eigenvalue weighted by Crippen LogP contribution is -2.41. The van der Waals surface area contributed by atoms with Gasteiger partial charge in [0.05, 0.1) is 12.6 Å². The zero-order valence-electron chi connectivity index (χ0n) is 14.3. The maximum absolute atomic E-state index is 11.7. The number of aliphatic hydroxyl groups is 1. The lowest BCUT2D eigenvalue weighted by Gasteiger charge is -2.22. The van der Waals surface area contributed by atoms with E-state index < -0.39 is 11.7 Å². The number of nitrogens with one attached hydrogen (secondary N) is 1. The number of ether oxygens (including phenoxy) is 1. The van der Waals surface area contributed by atoms with E-state index in [-0.39, 0.29) is 12.6 Å². The van der Waals surface area contributed by atoms with Crippen LogP contribution in [0.15, 0.2) is 24.3 Å². The molecule has 0 radical (unpaired) electrons. The summed E-state index contributed by atoms with van der Waals surface area (Å²) in [6, 6.07) is 8.19. The predicted octanol–water partition coefficient (Wildman–Crippen LogP) is 3.63. The van der Waals surface area contributed by atoms with E-state index in [1.54, 1.807) is 0 Å². The predicted molar refractivity (Wildman–Crippen MR) is 89.1 cm³/mol. The summed E-state index contributed by atoms with van der Waals surface area (Å²) in [7, 11) is 0. The van der Waals surface area contributed by atoms with Crippen LogP contribution in [0, 0.1) is 0 Å². The number of rotatable bonds is 6. The maximum Gasteiger partial charge on any atom is 0.407 e. The molecule has 0 heterocycles. The van der Waals surface area contributed by atoms with Crippen LogP contribution in [0.25, 0.3) is 0 Å². The van der Waals surface area contributed by atoms with Crippen LogP contribution < -0.4 is 5.32 Å². The molecular weight excluding hydrogens is 278 g/mol. The van der Waals surface area contributed by atoms with Crippen molar-refractivity contribution in [3.05, 3.63) is 35.4 Å². The number of benzene rings is 1. The van der Waals surface area contributed by atoms with Crippen molar-refractivity contribution in [2.24, 2.45) is 0 Å². The van der Waals surface area contributed by atoms with Gasteiger partial charge in [0, 0.05) is 0 Å². The summed E-state index contributed by atoms with van der Waals surface area (Å²) in [6.07, 6.45) is 0.998. The topological polar surface area (TPSA) is 58.6 Å². The number of alkyl carbamates (subject to hydrolysis) is 1. The van der Waals surface area contributed by atoms with Gasteiger partial charge in [0.2, 0.25) is 0 Å². The van der Waals surface area contributed by atoms with Gasteiger partial charge in [-0.2, -0.15) is 0 Å². The van der Waals surface area contributed by atoms with Gasteiger partial charge >= 0.3 is 6.09 Å². The van der Waals surface area contributed by atoms with Crippen molar-refractivity contribution in [1.29, 1.82) is 0 Å². The zero-order valence-corrected chi connectivity index (χ0v) is 14.3. The molecule has 0 bridgehead atoms. The number of carbonyl (C=O) groups is 1. The summed E-state index contributed by atoms with van der Waals surface area (Å²) >= 11 is 0. The van der Waals surface area contributed by atoms with E-state index in [4.69, 9.17) is 4.74 Å². The molecule has 0 saturated carbocycles. The second kappa shape index (κ2) is 8.18. The number of hydrogen-bond donors (Lipinski definition) is 2. The van der Waals surface area contributed by atoms with E-state index >= 15 is 0 Å². The van der Waals surface area contributed by atoms with Gasteiger partial charge in [-0.1, -0.05) is 38.1 Å². The number of amides is 1. The highest BCUT2D eigenvalue weighted by molar-refractivity contribution is 5.68. The fourth-order valence-electron chi connectivity index (χ4n) is 2.09. The van der Waals surface area contributed by atoms with Crippen LogP contribution in [0.5, 0.6) is 0 Å². The molecule has 0 aromatic heterocycles. The van der Waals surface area contributed by atoms with Crippen molar-refractivity contribution in [2.75, 3.05) is 6.61 Å². The first-order chi connectivity index (χ1) is 10.2. The van der Waals surface area contributed by atoms with Crippen LogP contribution in [0.4, 0.5) is 4.79 Å². The molecule has 1 aromatic carbocycles. The van der Waals surface area contributed by atoms with Gasteiger partial charge in [0.1, 0.15) is 5.60 Å². The second-order valence-electron chi connectivity index (χ2n) is 6.96. The molecule has 2 N–H and O–H groups in total. The van der Waals surface area contributed by atoms with Crippen molar-refractivity contribution in [2.45, 2.75) is 65.0 Å². The molecule has 0 spiro atoms. The third-order valence-electron chi connectivity index (χ3n) is 3.37. The SMILES string of the molecule is CC(C)c1ccc(CC[C@H](CO)NC(=O)OC(C)(C)C)cc1. The van der Waals surface area contributed by atoms with E-state index in [0.29, 0.717) is 12.3 Å². The standard InChI is InChI=1S/C18H29NO3/c1-13(2)15-9-6-14(7-10-15)8-11-16(12-20)19-17(21)22-18(3,4)5/h6-7,9-10,13,16,20H,8,11-12H2,1-5H3,(H,19,21)/t16-/m1/s1. The number of aliphatic hydroxyl groups excluding tert-OH is 1. The Balaban J connectivity index is 2.48. The molecule has 1 atom stereocenters. The van der Waals surface area contributed by atoms with Gasteiger partial charge in [-0.3, -0.25) is 0 Å². The molecular formula is C18H29NO3. The minimum Gasteiger partial charge on any atom is -0.444 e. The minimum absolute atomic E-state index is 0.0939. The molecule has 4 heteroatoms. The van der Waals surface area contributed by atoms with Gasteiger partial charge in [0.15, 0.2) is 0 Å². The average molecular weight is 307 g/mol. The second-order valence-corrected chi connectivity index (χ2v) is 6.96. The highest BCUT2D eigenvalue weighted by Crippen LogP contribution is 2.16. The van der Waals surface area contributed by atoms with Crippen molar-refractivity contribution in [3.63, 3.8) is 0 Å². The molecule has 0 saturated heterocycles. The number of aryl methyl sites for hydroxylation is 1. The van der Waals surface area contributed by atoms with Crippen molar-refractivity contribution in [1.82, 2.24) is 5.32 Å². The highest BCUT2D eigenvalue weighted by atomic mass is 16.6. The Bertz CT molecular complexity index is 460. The molecule has 0 aliphatic heterocycles. The van der Waals surface area contributed by atoms with E-state index in [9.17, 15) is 9.90 Å². The van der Waals surface area contributed by atoms with E-state index in [1.807, 2.05) is 20.8 Å². The fraction of sp³-hybridized carbons (Fsp3) is 0.611. The Morgan fingerprint density at radius 2 is 1.82 bits per heavy atom. The molecule has 0 fully saturated rings. The third kappa shape index (κ3) is 6.94. The smallest absolute Gasteiger partial charge is 0.407 e. The fourth-order valence-corrected chi connectivity index (χ4v) is 2.09. The van der Waals surface area contributed by atoms with E-state index in [1.165, 1.54) is 11.1 Å². The van der Waals surface area contributed by atoms with Gasteiger partial charge in [-0.05, 0) is 50.7 Å². The summed E-state index contributed by atoms with van der Waals surface area (Å²) in [5, 5.41) is 12.1. The van der Waals surface area contributed by atoms with Crippen LogP contribution in [0.3, 0.4) is 0 Å². The molecule has 0 unspecified atom stereocenters. The van der Waals surface area contributed by atoms with Crippen LogP contribution >= 0.6 is 0 Å². The van der Waals surface area contributed by atoms with Gasteiger partial charge in [-0.15, -0.1) is 0 Å². The van der Waals surface area contributed by atoms with E-state index in [0.717, 1.165) is 6.42 Å². The van der Waals surface area contributed by atoms with Crippen LogP contribution in [0.1, 0.15) is 58.1 Å². The summed E-state index contributed by atoms with van der Waals surface area (Å²) < 4.78 is 5.20. The lowest BCUT2D eigenvalue weighted by molar-refractivity contribution is 0.0479. The summed E-state index contributed by atoms with van der Waals surface area (Å²) in [5.74, 6) is 0.521. The average Bonchev–Trinajstić information content (AvgIpc) is 2.41.